The van der Waals surface area contributed by atoms with E-state index < -0.39 is 0 Å². The minimum absolute atomic E-state index is 0.182. The van der Waals surface area contributed by atoms with E-state index in [1.165, 1.54) is 4.88 Å². The molecule has 0 unspecified atom stereocenters. The molecule has 1 amide bonds. The molecular weight excluding hydrogens is 270 g/mol. The zero-order valence-electron chi connectivity index (χ0n) is 11.9. The second-order valence-corrected chi connectivity index (χ2v) is 6.81. The van der Waals surface area contributed by atoms with E-state index in [-0.39, 0.29) is 11.9 Å². The molecule has 4 nitrogen and oxygen atoms in total. The maximum Gasteiger partial charge on any atom is 0.255 e. The van der Waals surface area contributed by atoms with Gasteiger partial charge in [0.15, 0.2) is 0 Å². The van der Waals surface area contributed by atoms with Gasteiger partial charge in [-0.3, -0.25) is 9.48 Å². The highest BCUT2D eigenvalue weighted by molar-refractivity contribution is 7.12. The van der Waals surface area contributed by atoms with Crippen molar-refractivity contribution >= 4 is 17.2 Å². The van der Waals surface area contributed by atoms with Crippen molar-refractivity contribution in [1.82, 2.24) is 14.7 Å². The Morgan fingerprint density at radius 3 is 3.00 bits per heavy atom. The Labute approximate surface area is 123 Å². The molecule has 0 spiro atoms. The number of likely N-dealkylation sites (tertiary alicyclic amines) is 1. The van der Waals surface area contributed by atoms with Crippen molar-refractivity contribution in [2.24, 2.45) is 0 Å². The molecule has 0 aromatic carbocycles. The van der Waals surface area contributed by atoms with Crippen LogP contribution in [-0.2, 0) is 6.54 Å². The Morgan fingerprint density at radius 2 is 2.35 bits per heavy atom. The third-order valence-corrected chi connectivity index (χ3v) is 4.83. The van der Waals surface area contributed by atoms with E-state index in [0.29, 0.717) is 0 Å². The van der Waals surface area contributed by atoms with Gasteiger partial charge in [-0.15, -0.1) is 11.3 Å². The SMILES string of the molecule is Cc1cc(C(=O)N2CCC[C@@H]2Cn2cccn2)c(C)s1. The predicted octanol–water partition coefficient (Wildman–Crippen LogP) is 2.87. The first-order valence-corrected chi connectivity index (χ1v) is 7.82. The van der Waals surface area contributed by atoms with E-state index in [0.717, 1.165) is 36.4 Å². The minimum atomic E-state index is 0.182. The highest BCUT2D eigenvalue weighted by atomic mass is 32.1. The molecule has 2 aromatic rings. The van der Waals surface area contributed by atoms with Crippen LogP contribution in [0.2, 0.25) is 0 Å². The number of aryl methyl sites for hydroxylation is 2. The number of amides is 1. The summed E-state index contributed by atoms with van der Waals surface area (Å²) in [6, 6.07) is 4.21. The van der Waals surface area contributed by atoms with Crippen molar-refractivity contribution in [3.8, 4) is 0 Å². The first-order chi connectivity index (χ1) is 9.65. The summed E-state index contributed by atoms with van der Waals surface area (Å²) in [5.74, 6) is 0.182. The lowest BCUT2D eigenvalue weighted by Crippen LogP contribution is -2.38. The van der Waals surface area contributed by atoms with Gasteiger partial charge < -0.3 is 4.90 Å². The van der Waals surface area contributed by atoms with Crippen LogP contribution < -0.4 is 0 Å². The standard InChI is InChI=1S/C15H19N3OS/c1-11-9-14(12(2)20-11)15(19)18-8-3-5-13(18)10-17-7-4-6-16-17/h4,6-7,9,13H,3,5,8,10H2,1-2H3/t13-/m1/s1. The second-order valence-electron chi connectivity index (χ2n) is 5.35. The van der Waals surface area contributed by atoms with Gasteiger partial charge in [-0.2, -0.15) is 5.10 Å². The van der Waals surface area contributed by atoms with E-state index in [4.69, 9.17) is 0 Å². The molecular formula is C15H19N3OS. The molecule has 20 heavy (non-hydrogen) atoms. The van der Waals surface area contributed by atoms with Crippen LogP contribution in [0.25, 0.3) is 0 Å². The van der Waals surface area contributed by atoms with Crippen LogP contribution >= 0.6 is 11.3 Å². The fourth-order valence-electron chi connectivity index (χ4n) is 2.92. The zero-order chi connectivity index (χ0) is 14.1. The first-order valence-electron chi connectivity index (χ1n) is 7.00. The lowest BCUT2D eigenvalue weighted by molar-refractivity contribution is 0.0721. The molecule has 0 saturated carbocycles. The lowest BCUT2D eigenvalue weighted by atomic mass is 10.2. The van der Waals surface area contributed by atoms with Gasteiger partial charge in [0.25, 0.3) is 5.91 Å². The molecule has 1 atom stereocenters. The molecule has 0 bridgehead atoms. The Bertz CT molecular complexity index is 603. The predicted molar refractivity (Wildman–Crippen MR) is 80.1 cm³/mol. The molecule has 2 aromatic heterocycles. The number of rotatable bonds is 3. The van der Waals surface area contributed by atoms with Crippen molar-refractivity contribution in [2.45, 2.75) is 39.3 Å². The summed E-state index contributed by atoms with van der Waals surface area (Å²) in [5, 5.41) is 4.25. The molecule has 0 radical (unpaired) electrons. The molecule has 5 heteroatoms. The van der Waals surface area contributed by atoms with Gasteiger partial charge in [-0.1, -0.05) is 0 Å². The van der Waals surface area contributed by atoms with Crippen molar-refractivity contribution in [1.29, 1.82) is 0 Å². The number of hydrogen-bond acceptors (Lipinski definition) is 3. The molecule has 1 aliphatic heterocycles. The number of thiophene rings is 1. The first kappa shape index (κ1) is 13.4. The largest absolute Gasteiger partial charge is 0.334 e. The Hall–Kier alpha value is -1.62. The van der Waals surface area contributed by atoms with E-state index in [1.807, 2.05) is 34.8 Å². The van der Waals surface area contributed by atoms with Crippen LogP contribution in [-0.4, -0.2) is 33.2 Å². The summed E-state index contributed by atoms with van der Waals surface area (Å²) >= 11 is 1.70. The van der Waals surface area contributed by atoms with Crippen molar-refractivity contribution in [3.05, 3.63) is 39.8 Å². The van der Waals surface area contributed by atoms with Crippen LogP contribution in [0, 0.1) is 13.8 Å². The van der Waals surface area contributed by atoms with Gasteiger partial charge in [-0.25, -0.2) is 0 Å². The quantitative estimate of drug-likeness (QED) is 0.871. The normalized spacial score (nSPS) is 18.7. The van der Waals surface area contributed by atoms with Gasteiger partial charge >= 0.3 is 0 Å². The number of hydrogen-bond donors (Lipinski definition) is 0. The average molecular weight is 289 g/mol. The summed E-state index contributed by atoms with van der Waals surface area (Å²) < 4.78 is 1.92. The van der Waals surface area contributed by atoms with Crippen molar-refractivity contribution in [2.75, 3.05) is 6.54 Å². The summed E-state index contributed by atoms with van der Waals surface area (Å²) in [6.07, 6.45) is 5.89. The fourth-order valence-corrected chi connectivity index (χ4v) is 3.83. The summed E-state index contributed by atoms with van der Waals surface area (Å²) in [4.78, 5) is 17.1. The Kier molecular flexibility index (Phi) is 3.61. The van der Waals surface area contributed by atoms with Crippen molar-refractivity contribution in [3.63, 3.8) is 0 Å². The summed E-state index contributed by atoms with van der Waals surface area (Å²) in [7, 11) is 0. The van der Waals surface area contributed by atoms with Crippen LogP contribution in [0.4, 0.5) is 0 Å². The monoisotopic (exact) mass is 289 g/mol. The summed E-state index contributed by atoms with van der Waals surface area (Å²) in [5.41, 5.74) is 0.875. The number of carbonyl (C=O) groups excluding carboxylic acids is 1. The number of carbonyl (C=O) groups is 1. The lowest BCUT2D eigenvalue weighted by Gasteiger charge is -2.24. The van der Waals surface area contributed by atoms with E-state index in [9.17, 15) is 4.79 Å². The fraction of sp³-hybridized carbons (Fsp3) is 0.467. The Morgan fingerprint density at radius 1 is 1.50 bits per heavy atom. The van der Waals surface area contributed by atoms with Crippen LogP contribution in [0.15, 0.2) is 24.5 Å². The van der Waals surface area contributed by atoms with Gasteiger partial charge in [0.05, 0.1) is 18.2 Å². The Balaban J connectivity index is 1.78. The number of nitrogens with zero attached hydrogens (tertiary/aromatic N) is 3. The minimum Gasteiger partial charge on any atom is -0.334 e. The van der Waals surface area contributed by atoms with Gasteiger partial charge in [0.1, 0.15) is 0 Å². The van der Waals surface area contributed by atoms with Gasteiger partial charge in [-0.05, 0) is 38.8 Å². The molecule has 3 heterocycles. The van der Waals surface area contributed by atoms with E-state index in [2.05, 4.69) is 12.0 Å². The molecule has 0 aliphatic carbocycles. The van der Waals surface area contributed by atoms with Gasteiger partial charge in [0.2, 0.25) is 0 Å². The topological polar surface area (TPSA) is 38.1 Å². The molecule has 1 aliphatic rings. The molecule has 106 valence electrons. The van der Waals surface area contributed by atoms with E-state index in [1.54, 1.807) is 17.5 Å². The third kappa shape index (κ3) is 2.50. The third-order valence-electron chi connectivity index (χ3n) is 3.87. The van der Waals surface area contributed by atoms with Crippen LogP contribution in [0.5, 0.6) is 0 Å². The zero-order valence-corrected chi connectivity index (χ0v) is 12.7. The van der Waals surface area contributed by atoms with Crippen LogP contribution in [0.1, 0.15) is 33.0 Å². The van der Waals surface area contributed by atoms with E-state index >= 15 is 0 Å². The molecule has 3 rings (SSSR count). The number of aromatic nitrogens is 2. The van der Waals surface area contributed by atoms with Crippen LogP contribution in [0.3, 0.4) is 0 Å². The summed E-state index contributed by atoms with van der Waals surface area (Å²) in [6.45, 7) is 5.74. The van der Waals surface area contributed by atoms with Crippen molar-refractivity contribution < 1.29 is 4.79 Å². The molecule has 1 saturated heterocycles. The average Bonchev–Trinajstić information content (AvgIpc) is 3.11. The molecule has 1 fully saturated rings. The molecule has 0 N–H and O–H groups in total. The smallest absolute Gasteiger partial charge is 0.255 e. The highest BCUT2D eigenvalue weighted by Crippen LogP contribution is 2.26. The van der Waals surface area contributed by atoms with Gasteiger partial charge in [0, 0.05) is 28.7 Å². The maximum atomic E-state index is 12.7. The second kappa shape index (κ2) is 5.40. The maximum absolute atomic E-state index is 12.7. The highest BCUT2D eigenvalue weighted by Gasteiger charge is 2.30.